The van der Waals surface area contributed by atoms with Crippen molar-refractivity contribution >= 4 is 22.7 Å². The fraction of sp³-hybridized carbons (Fsp3) is 0.600. The highest BCUT2D eigenvalue weighted by molar-refractivity contribution is 8.13. The first-order valence-electron chi connectivity index (χ1n) is 4.43. The Labute approximate surface area is 83.8 Å². The predicted molar refractivity (Wildman–Crippen MR) is 56.7 cm³/mol. The molecule has 0 aliphatic carbocycles. The van der Waals surface area contributed by atoms with E-state index in [9.17, 15) is 9.59 Å². The van der Waals surface area contributed by atoms with Crippen LogP contribution in [-0.4, -0.2) is 16.7 Å². The smallest absolute Gasteiger partial charge is 0.191 e. The van der Waals surface area contributed by atoms with Crippen molar-refractivity contribution in [3.05, 3.63) is 12.7 Å². The van der Waals surface area contributed by atoms with E-state index in [2.05, 4.69) is 6.58 Å². The van der Waals surface area contributed by atoms with Crippen LogP contribution in [0, 0.1) is 5.92 Å². The minimum Gasteiger partial charge on any atom is -0.295 e. The fourth-order valence-corrected chi connectivity index (χ4v) is 1.62. The molecule has 0 radical (unpaired) electrons. The number of allylic oxidation sites excluding steroid dienone is 1. The van der Waals surface area contributed by atoms with Crippen LogP contribution in [0.5, 0.6) is 0 Å². The van der Waals surface area contributed by atoms with E-state index in [4.69, 9.17) is 0 Å². The summed E-state index contributed by atoms with van der Waals surface area (Å²) >= 11 is 1.25. The second-order valence-corrected chi connectivity index (χ2v) is 4.00. The van der Waals surface area contributed by atoms with Crippen LogP contribution in [0.3, 0.4) is 0 Å². The van der Waals surface area contributed by atoms with Gasteiger partial charge in [0.25, 0.3) is 0 Å². The highest BCUT2D eigenvalue weighted by Gasteiger charge is 2.10. The summed E-state index contributed by atoms with van der Waals surface area (Å²) in [5, 5.41) is 0.180. The number of thioether (sulfide) groups is 1. The Kier molecular flexibility index (Phi) is 6.59. The lowest BCUT2D eigenvalue weighted by Crippen LogP contribution is -2.06. The van der Waals surface area contributed by atoms with Crippen molar-refractivity contribution in [2.24, 2.45) is 5.92 Å². The molecule has 3 heteroatoms. The summed E-state index contributed by atoms with van der Waals surface area (Å²) in [6.45, 7) is 7.26. The molecule has 13 heavy (non-hydrogen) atoms. The van der Waals surface area contributed by atoms with E-state index in [0.29, 0.717) is 12.2 Å². The molecule has 2 nitrogen and oxygen atoms in total. The maximum absolute atomic E-state index is 11.3. The summed E-state index contributed by atoms with van der Waals surface area (Å²) in [5.41, 5.74) is 0. The first-order valence-corrected chi connectivity index (χ1v) is 5.42. The van der Waals surface area contributed by atoms with E-state index in [1.54, 1.807) is 0 Å². The molecular weight excluding hydrogens is 184 g/mol. The zero-order valence-corrected chi connectivity index (χ0v) is 9.02. The first kappa shape index (κ1) is 12.4. The first-order chi connectivity index (χ1) is 6.11. The van der Waals surface area contributed by atoms with Gasteiger partial charge in [0.05, 0.1) is 0 Å². The molecule has 0 aromatic rings. The molecule has 0 aromatic heterocycles. The molecule has 0 amide bonds. The van der Waals surface area contributed by atoms with Gasteiger partial charge in [-0.3, -0.25) is 9.59 Å². The van der Waals surface area contributed by atoms with Crippen LogP contribution < -0.4 is 0 Å². The van der Waals surface area contributed by atoms with E-state index >= 15 is 0 Å². The Morgan fingerprint density at radius 3 is 2.62 bits per heavy atom. The van der Waals surface area contributed by atoms with Crippen molar-refractivity contribution in [1.82, 2.24) is 0 Å². The maximum atomic E-state index is 11.3. The van der Waals surface area contributed by atoms with Gasteiger partial charge in [-0.2, -0.15) is 0 Å². The van der Waals surface area contributed by atoms with Gasteiger partial charge in [-0.25, -0.2) is 0 Å². The Morgan fingerprint density at radius 2 is 2.15 bits per heavy atom. The Morgan fingerprint density at radius 1 is 1.54 bits per heavy atom. The third-order valence-corrected chi connectivity index (χ3v) is 2.93. The van der Waals surface area contributed by atoms with Gasteiger partial charge < -0.3 is 0 Å². The van der Waals surface area contributed by atoms with Gasteiger partial charge in [-0.1, -0.05) is 32.2 Å². The number of carbonyl (C=O) groups is 2. The van der Waals surface area contributed by atoms with Crippen molar-refractivity contribution < 1.29 is 9.59 Å². The highest BCUT2D eigenvalue weighted by atomic mass is 32.2. The standard InChI is InChI=1S/C10H16O2S/c1-4-8(3)10(12)13-7-6-9(11)5-2/h5,8H,2,4,6-7H2,1,3H3. The van der Waals surface area contributed by atoms with E-state index in [0.717, 1.165) is 6.42 Å². The summed E-state index contributed by atoms with van der Waals surface area (Å²) in [6.07, 6.45) is 2.58. The lowest BCUT2D eigenvalue weighted by molar-refractivity contribution is -0.114. The van der Waals surface area contributed by atoms with Crippen LogP contribution in [0.25, 0.3) is 0 Å². The molecule has 0 aliphatic heterocycles. The molecule has 0 bridgehead atoms. The monoisotopic (exact) mass is 200 g/mol. The molecule has 1 atom stereocenters. The number of carbonyl (C=O) groups excluding carboxylic acids is 2. The second-order valence-electron chi connectivity index (χ2n) is 2.90. The lowest BCUT2D eigenvalue weighted by Gasteiger charge is -2.04. The van der Waals surface area contributed by atoms with Crippen molar-refractivity contribution in [3.8, 4) is 0 Å². The van der Waals surface area contributed by atoms with Crippen molar-refractivity contribution in [1.29, 1.82) is 0 Å². The van der Waals surface area contributed by atoms with E-state index < -0.39 is 0 Å². The topological polar surface area (TPSA) is 34.1 Å². The molecule has 0 aromatic carbocycles. The summed E-state index contributed by atoms with van der Waals surface area (Å²) < 4.78 is 0. The molecule has 0 saturated carbocycles. The molecule has 0 rings (SSSR count). The van der Waals surface area contributed by atoms with Crippen LogP contribution in [0.4, 0.5) is 0 Å². The Hall–Kier alpha value is -0.570. The van der Waals surface area contributed by atoms with Crippen LogP contribution >= 0.6 is 11.8 Å². The number of hydrogen-bond acceptors (Lipinski definition) is 3. The third-order valence-electron chi connectivity index (χ3n) is 1.84. The van der Waals surface area contributed by atoms with Crippen LogP contribution in [0.15, 0.2) is 12.7 Å². The number of hydrogen-bond donors (Lipinski definition) is 0. The lowest BCUT2D eigenvalue weighted by atomic mass is 10.1. The van der Waals surface area contributed by atoms with E-state index in [1.165, 1.54) is 17.8 Å². The Bertz CT molecular complexity index is 199. The Balaban J connectivity index is 3.59. The van der Waals surface area contributed by atoms with Gasteiger partial charge in [-0.05, 0) is 12.5 Å². The van der Waals surface area contributed by atoms with Crippen LogP contribution in [-0.2, 0) is 9.59 Å². The van der Waals surface area contributed by atoms with Gasteiger partial charge in [0, 0.05) is 18.1 Å². The van der Waals surface area contributed by atoms with Gasteiger partial charge >= 0.3 is 0 Å². The summed E-state index contributed by atoms with van der Waals surface area (Å²) in [4.78, 5) is 22.1. The molecular formula is C10H16O2S. The average Bonchev–Trinajstić information content (AvgIpc) is 2.15. The highest BCUT2D eigenvalue weighted by Crippen LogP contribution is 2.14. The second kappa shape index (κ2) is 6.89. The van der Waals surface area contributed by atoms with E-state index in [1.807, 2.05) is 13.8 Å². The number of ketones is 1. The van der Waals surface area contributed by atoms with Gasteiger partial charge in [0.15, 0.2) is 10.9 Å². The van der Waals surface area contributed by atoms with Crippen molar-refractivity contribution in [2.75, 3.05) is 5.75 Å². The van der Waals surface area contributed by atoms with Crippen LogP contribution in [0.2, 0.25) is 0 Å². The van der Waals surface area contributed by atoms with Crippen molar-refractivity contribution in [3.63, 3.8) is 0 Å². The SMILES string of the molecule is C=CC(=O)CCSC(=O)C(C)CC. The molecule has 1 unspecified atom stereocenters. The predicted octanol–water partition coefficient (Wildman–Crippen LogP) is 2.44. The van der Waals surface area contributed by atoms with E-state index in [-0.39, 0.29) is 16.8 Å². The number of rotatable bonds is 6. The average molecular weight is 200 g/mol. The molecule has 0 spiro atoms. The zero-order chi connectivity index (χ0) is 10.3. The molecule has 0 saturated heterocycles. The van der Waals surface area contributed by atoms with Gasteiger partial charge in [0.2, 0.25) is 0 Å². The van der Waals surface area contributed by atoms with Gasteiger partial charge in [-0.15, -0.1) is 0 Å². The molecule has 74 valence electrons. The molecule has 0 aliphatic rings. The summed E-state index contributed by atoms with van der Waals surface area (Å²) in [7, 11) is 0. The minimum atomic E-state index is 0.00412. The minimum absolute atomic E-state index is 0.00412. The van der Waals surface area contributed by atoms with Crippen molar-refractivity contribution in [2.45, 2.75) is 26.7 Å². The molecule has 0 fully saturated rings. The summed E-state index contributed by atoms with van der Waals surface area (Å²) in [6, 6.07) is 0. The quantitative estimate of drug-likeness (QED) is 0.618. The zero-order valence-electron chi connectivity index (χ0n) is 8.21. The normalized spacial score (nSPS) is 12.2. The third kappa shape index (κ3) is 5.64. The van der Waals surface area contributed by atoms with Gasteiger partial charge in [0.1, 0.15) is 0 Å². The molecule has 0 N–H and O–H groups in total. The van der Waals surface area contributed by atoms with Crippen LogP contribution in [0.1, 0.15) is 26.7 Å². The fourth-order valence-electron chi connectivity index (χ4n) is 0.663. The largest absolute Gasteiger partial charge is 0.295 e. The maximum Gasteiger partial charge on any atom is 0.191 e. The summed E-state index contributed by atoms with van der Waals surface area (Å²) in [5.74, 6) is 0.682. The molecule has 0 heterocycles.